The molecule has 2 rings (SSSR count). The number of esters is 1. The molecule has 0 bridgehead atoms. The molecule has 0 saturated carbocycles. The average molecular weight is 339 g/mol. The van der Waals surface area contributed by atoms with Crippen molar-refractivity contribution in [1.82, 2.24) is 10.2 Å². The molecule has 23 heavy (non-hydrogen) atoms. The van der Waals surface area contributed by atoms with Crippen molar-refractivity contribution in [2.45, 2.75) is 19.4 Å². The lowest BCUT2D eigenvalue weighted by Crippen LogP contribution is -2.41. The Morgan fingerprint density at radius 2 is 1.91 bits per heavy atom. The first-order chi connectivity index (χ1) is 10.7. The molecule has 1 N–H and O–H groups in total. The number of imide groups is 1. The van der Waals surface area contributed by atoms with Crippen molar-refractivity contribution in [3.8, 4) is 0 Å². The zero-order chi connectivity index (χ0) is 17.2. The van der Waals surface area contributed by atoms with Gasteiger partial charge in [-0.25, -0.2) is 4.79 Å². The predicted octanol–water partition coefficient (Wildman–Crippen LogP) is 1.40. The fourth-order valence-electron chi connectivity index (χ4n) is 2.05. The summed E-state index contributed by atoms with van der Waals surface area (Å²) in [5.74, 6) is -1.86. The second kappa shape index (κ2) is 6.37. The molecule has 0 aromatic heterocycles. The van der Waals surface area contributed by atoms with Crippen LogP contribution in [-0.4, -0.2) is 47.3 Å². The summed E-state index contributed by atoms with van der Waals surface area (Å²) >= 11 is 5.87. The maximum atomic E-state index is 11.9. The van der Waals surface area contributed by atoms with Gasteiger partial charge in [0.05, 0.1) is 5.02 Å². The molecule has 1 aliphatic rings. The Morgan fingerprint density at radius 3 is 2.48 bits per heavy atom. The molecule has 0 aliphatic carbocycles. The molecule has 3 amide bonds. The van der Waals surface area contributed by atoms with Crippen LogP contribution in [0.15, 0.2) is 24.3 Å². The van der Waals surface area contributed by atoms with E-state index >= 15 is 0 Å². The third kappa shape index (κ3) is 3.68. The van der Waals surface area contributed by atoms with Crippen molar-refractivity contribution < 1.29 is 23.9 Å². The fraction of sp³-hybridized carbons (Fsp3) is 0.333. The Kier molecular flexibility index (Phi) is 4.70. The summed E-state index contributed by atoms with van der Waals surface area (Å²) < 4.78 is 4.82. The van der Waals surface area contributed by atoms with Gasteiger partial charge in [-0.3, -0.25) is 19.3 Å². The number of rotatable bonds is 5. The van der Waals surface area contributed by atoms with E-state index in [0.29, 0.717) is 0 Å². The summed E-state index contributed by atoms with van der Waals surface area (Å²) in [5, 5.41) is 2.70. The molecule has 0 atom stereocenters. The quantitative estimate of drug-likeness (QED) is 0.497. The number of nitrogens with one attached hydrogen (secondary N) is 1. The second-order valence-corrected chi connectivity index (χ2v) is 5.92. The van der Waals surface area contributed by atoms with Gasteiger partial charge in [-0.15, -0.1) is 0 Å². The number of urea groups is 1. The first-order valence-electron chi connectivity index (χ1n) is 6.80. The minimum absolute atomic E-state index is 0.234. The summed E-state index contributed by atoms with van der Waals surface area (Å²) in [4.78, 5) is 48.0. The van der Waals surface area contributed by atoms with Crippen LogP contribution >= 0.6 is 11.6 Å². The van der Waals surface area contributed by atoms with E-state index in [0.717, 1.165) is 4.90 Å². The van der Waals surface area contributed by atoms with Crippen LogP contribution in [0.25, 0.3) is 0 Å². The topological polar surface area (TPSA) is 92.8 Å². The Labute approximate surface area is 137 Å². The maximum absolute atomic E-state index is 11.9. The highest BCUT2D eigenvalue weighted by molar-refractivity contribution is 6.34. The number of nitrogens with zero attached hydrogens (tertiary/aromatic N) is 1. The first kappa shape index (κ1) is 17.0. The van der Waals surface area contributed by atoms with E-state index in [1.807, 2.05) is 0 Å². The van der Waals surface area contributed by atoms with Crippen molar-refractivity contribution in [1.29, 1.82) is 0 Å². The van der Waals surface area contributed by atoms with E-state index in [-0.39, 0.29) is 10.6 Å². The van der Waals surface area contributed by atoms with Crippen LogP contribution in [0.3, 0.4) is 0 Å². The SMILES string of the molecule is CC1(C)NC(=O)N(CC(=O)OCC(=O)c2ccccc2Cl)C1=O. The molecule has 0 spiro atoms. The summed E-state index contributed by atoms with van der Waals surface area (Å²) in [6.07, 6.45) is 0. The number of hydrogen-bond donors (Lipinski definition) is 1. The Hall–Kier alpha value is -2.41. The van der Waals surface area contributed by atoms with Crippen molar-refractivity contribution in [3.63, 3.8) is 0 Å². The average Bonchev–Trinajstić information content (AvgIpc) is 2.67. The second-order valence-electron chi connectivity index (χ2n) is 5.51. The van der Waals surface area contributed by atoms with Gasteiger partial charge in [0.2, 0.25) is 5.78 Å². The molecule has 1 heterocycles. The van der Waals surface area contributed by atoms with Gasteiger partial charge in [0.15, 0.2) is 6.61 Å². The molecule has 0 radical (unpaired) electrons. The Balaban J connectivity index is 1.91. The Morgan fingerprint density at radius 1 is 1.26 bits per heavy atom. The Bertz CT molecular complexity index is 686. The lowest BCUT2D eigenvalue weighted by molar-refractivity contribution is -0.146. The van der Waals surface area contributed by atoms with Gasteiger partial charge in [-0.1, -0.05) is 23.7 Å². The van der Waals surface area contributed by atoms with Crippen LogP contribution in [0.5, 0.6) is 0 Å². The van der Waals surface area contributed by atoms with Crippen molar-refractivity contribution in [2.24, 2.45) is 0 Å². The molecular weight excluding hydrogens is 324 g/mol. The highest BCUT2D eigenvalue weighted by atomic mass is 35.5. The molecular formula is C15H15ClN2O5. The van der Waals surface area contributed by atoms with Gasteiger partial charge in [-0.05, 0) is 26.0 Å². The molecule has 7 nitrogen and oxygen atoms in total. The van der Waals surface area contributed by atoms with E-state index in [1.165, 1.54) is 19.9 Å². The molecule has 1 aromatic rings. The van der Waals surface area contributed by atoms with E-state index in [1.54, 1.807) is 18.2 Å². The number of halogens is 1. The molecule has 1 saturated heterocycles. The number of ketones is 1. The third-order valence-electron chi connectivity index (χ3n) is 3.27. The van der Waals surface area contributed by atoms with Gasteiger partial charge in [0, 0.05) is 5.56 Å². The van der Waals surface area contributed by atoms with Crippen LogP contribution in [0.4, 0.5) is 4.79 Å². The molecule has 1 aliphatic heterocycles. The van der Waals surface area contributed by atoms with Gasteiger partial charge >= 0.3 is 12.0 Å². The standard InChI is InChI=1S/C15H15ClN2O5/c1-15(2)13(21)18(14(22)17-15)7-12(20)23-8-11(19)9-5-3-4-6-10(9)16/h3-6H,7-8H2,1-2H3,(H,17,22). The predicted molar refractivity (Wildman–Crippen MR) is 81.1 cm³/mol. The number of benzene rings is 1. The normalized spacial score (nSPS) is 16.2. The van der Waals surface area contributed by atoms with E-state index in [4.69, 9.17) is 16.3 Å². The number of amides is 3. The molecule has 8 heteroatoms. The van der Waals surface area contributed by atoms with Gasteiger partial charge < -0.3 is 10.1 Å². The smallest absolute Gasteiger partial charge is 0.326 e. The third-order valence-corrected chi connectivity index (χ3v) is 3.60. The highest BCUT2D eigenvalue weighted by Crippen LogP contribution is 2.17. The summed E-state index contributed by atoms with van der Waals surface area (Å²) in [7, 11) is 0. The zero-order valence-electron chi connectivity index (χ0n) is 12.6. The molecule has 122 valence electrons. The van der Waals surface area contributed by atoms with Crippen molar-refractivity contribution in [3.05, 3.63) is 34.9 Å². The summed E-state index contributed by atoms with van der Waals surface area (Å²) in [6, 6.07) is 5.69. The minimum atomic E-state index is -1.06. The van der Waals surface area contributed by atoms with E-state index < -0.39 is 42.4 Å². The first-order valence-corrected chi connectivity index (χ1v) is 7.17. The van der Waals surface area contributed by atoms with Crippen LogP contribution in [0.1, 0.15) is 24.2 Å². The summed E-state index contributed by atoms with van der Waals surface area (Å²) in [6.45, 7) is 1.98. The maximum Gasteiger partial charge on any atom is 0.326 e. The van der Waals surface area contributed by atoms with Crippen LogP contribution in [0.2, 0.25) is 5.02 Å². The van der Waals surface area contributed by atoms with E-state index in [2.05, 4.69) is 5.32 Å². The fourth-order valence-corrected chi connectivity index (χ4v) is 2.29. The van der Waals surface area contributed by atoms with Gasteiger partial charge in [-0.2, -0.15) is 0 Å². The number of carbonyl (C=O) groups excluding carboxylic acids is 4. The monoisotopic (exact) mass is 338 g/mol. The largest absolute Gasteiger partial charge is 0.456 e. The number of hydrogen-bond acceptors (Lipinski definition) is 5. The number of Topliss-reactive ketones (excluding diaryl/α,β-unsaturated/α-hetero) is 1. The van der Waals surface area contributed by atoms with Crippen LogP contribution in [-0.2, 0) is 14.3 Å². The van der Waals surface area contributed by atoms with Gasteiger partial charge in [0.1, 0.15) is 12.1 Å². The highest BCUT2D eigenvalue weighted by Gasteiger charge is 2.45. The molecule has 0 unspecified atom stereocenters. The lowest BCUT2D eigenvalue weighted by atomic mass is 10.1. The lowest BCUT2D eigenvalue weighted by Gasteiger charge is -2.15. The zero-order valence-corrected chi connectivity index (χ0v) is 13.3. The van der Waals surface area contributed by atoms with Crippen LogP contribution < -0.4 is 5.32 Å². The minimum Gasteiger partial charge on any atom is -0.456 e. The molecule has 1 aromatic carbocycles. The van der Waals surface area contributed by atoms with Gasteiger partial charge in [0.25, 0.3) is 5.91 Å². The van der Waals surface area contributed by atoms with Crippen molar-refractivity contribution in [2.75, 3.05) is 13.2 Å². The van der Waals surface area contributed by atoms with Crippen LogP contribution in [0, 0.1) is 0 Å². The summed E-state index contributed by atoms with van der Waals surface area (Å²) in [5.41, 5.74) is -0.830. The number of ether oxygens (including phenoxy) is 1. The number of carbonyl (C=O) groups is 4. The molecule has 1 fully saturated rings. The van der Waals surface area contributed by atoms with E-state index in [9.17, 15) is 19.2 Å². The van der Waals surface area contributed by atoms with Crippen molar-refractivity contribution >= 4 is 35.3 Å².